The van der Waals surface area contributed by atoms with Crippen molar-refractivity contribution >= 4 is 45.2 Å². The molecule has 0 saturated heterocycles. The molecule has 1 atom stereocenters. The van der Waals surface area contributed by atoms with E-state index >= 15 is 0 Å². The van der Waals surface area contributed by atoms with E-state index in [0.29, 0.717) is 23.0 Å². The molecule has 4 aromatic rings. The monoisotopic (exact) mass is 602 g/mol. The third-order valence-corrected chi connectivity index (χ3v) is 8.03. The average Bonchev–Trinajstić information content (AvgIpc) is 3.55. The molecule has 2 heterocycles. The van der Waals surface area contributed by atoms with Crippen LogP contribution in [-0.2, 0) is 18.4 Å². The van der Waals surface area contributed by atoms with E-state index in [1.54, 1.807) is 21.7 Å². The van der Waals surface area contributed by atoms with Crippen molar-refractivity contribution in [2.24, 2.45) is 12.1 Å². The van der Waals surface area contributed by atoms with Crippen LogP contribution in [0.2, 0.25) is 0 Å². The van der Waals surface area contributed by atoms with Gasteiger partial charge in [0.1, 0.15) is 0 Å². The third kappa shape index (κ3) is 6.29. The highest BCUT2D eigenvalue weighted by atomic mass is 79.9. The zero-order valence-electron chi connectivity index (χ0n) is 21.5. The number of hydrogen-bond donors (Lipinski definition) is 1. The minimum atomic E-state index is -0.182. The minimum absolute atomic E-state index is 0.111. The van der Waals surface area contributed by atoms with Crippen molar-refractivity contribution in [2.45, 2.75) is 31.1 Å². The van der Waals surface area contributed by atoms with Crippen molar-refractivity contribution < 1.29 is 9.59 Å². The second-order valence-electron chi connectivity index (χ2n) is 9.22. The Morgan fingerprint density at radius 3 is 2.44 bits per heavy atom. The van der Waals surface area contributed by atoms with E-state index in [1.165, 1.54) is 11.8 Å². The molecule has 1 aromatic heterocycles. The Kier molecular flexibility index (Phi) is 8.23. The molecule has 1 aliphatic heterocycles. The minimum Gasteiger partial charge on any atom is -0.345 e. The molecule has 2 amide bonds. The van der Waals surface area contributed by atoms with Crippen molar-refractivity contribution in [3.05, 3.63) is 111 Å². The topological polar surface area (TPSA) is 92.5 Å². The molecule has 5 rings (SSSR count). The van der Waals surface area contributed by atoms with Gasteiger partial charge in [-0.25, -0.2) is 5.01 Å². The number of carbonyl (C=O) groups excluding carboxylic acids is 2. The number of hydrazone groups is 1. The summed E-state index contributed by atoms with van der Waals surface area (Å²) in [6.45, 7) is 2.28. The Balaban J connectivity index is 1.27. The van der Waals surface area contributed by atoms with E-state index in [0.717, 1.165) is 26.9 Å². The Bertz CT molecular complexity index is 1500. The number of halogens is 1. The van der Waals surface area contributed by atoms with Crippen molar-refractivity contribution in [3.8, 4) is 0 Å². The first-order chi connectivity index (χ1) is 18.9. The van der Waals surface area contributed by atoms with Gasteiger partial charge in [-0.1, -0.05) is 87.9 Å². The predicted octanol–water partition coefficient (Wildman–Crippen LogP) is 5.29. The molecule has 0 aliphatic carbocycles. The quantitative estimate of drug-likeness (QED) is 0.277. The number of aromatic nitrogens is 3. The molecule has 10 heteroatoms. The van der Waals surface area contributed by atoms with Gasteiger partial charge in [-0.05, 0) is 42.3 Å². The molecule has 0 spiro atoms. The highest BCUT2D eigenvalue weighted by Crippen LogP contribution is 2.34. The first-order valence-corrected chi connectivity index (χ1v) is 14.2. The zero-order valence-corrected chi connectivity index (χ0v) is 23.9. The lowest BCUT2D eigenvalue weighted by Crippen LogP contribution is -2.28. The number of nitrogens with zero attached hydrogens (tertiary/aromatic N) is 5. The summed E-state index contributed by atoms with van der Waals surface area (Å²) in [4.78, 5) is 25.8. The first kappa shape index (κ1) is 26.8. The average molecular weight is 604 g/mol. The van der Waals surface area contributed by atoms with Gasteiger partial charge in [0.2, 0.25) is 0 Å². The Hall–Kier alpha value is -3.76. The molecule has 8 nitrogen and oxygen atoms in total. The van der Waals surface area contributed by atoms with Crippen LogP contribution in [0, 0.1) is 6.92 Å². The maximum Gasteiger partial charge on any atom is 0.253 e. The van der Waals surface area contributed by atoms with Crippen LogP contribution in [0.4, 0.5) is 0 Å². The van der Waals surface area contributed by atoms with Crippen molar-refractivity contribution in [1.29, 1.82) is 0 Å². The molecule has 0 radical (unpaired) electrons. The summed E-state index contributed by atoms with van der Waals surface area (Å²) in [5, 5.41) is 18.3. The van der Waals surface area contributed by atoms with Crippen molar-refractivity contribution in [3.63, 3.8) is 0 Å². The molecule has 3 aromatic carbocycles. The van der Waals surface area contributed by atoms with E-state index in [2.05, 4.69) is 55.7 Å². The summed E-state index contributed by atoms with van der Waals surface area (Å²) in [6, 6.07) is 25.0. The lowest BCUT2D eigenvalue weighted by molar-refractivity contribution is -0.130. The van der Waals surface area contributed by atoms with Crippen LogP contribution in [0.5, 0.6) is 0 Å². The fourth-order valence-corrected chi connectivity index (χ4v) is 5.32. The first-order valence-electron chi connectivity index (χ1n) is 12.5. The van der Waals surface area contributed by atoms with E-state index in [-0.39, 0.29) is 30.2 Å². The second-order valence-corrected chi connectivity index (χ2v) is 11.1. The van der Waals surface area contributed by atoms with Gasteiger partial charge in [0.05, 0.1) is 24.1 Å². The number of aryl methyl sites for hydroxylation is 1. The maximum atomic E-state index is 13.5. The van der Waals surface area contributed by atoms with E-state index in [4.69, 9.17) is 5.10 Å². The summed E-state index contributed by atoms with van der Waals surface area (Å²) >= 11 is 4.78. The fourth-order valence-electron chi connectivity index (χ4n) is 4.27. The van der Waals surface area contributed by atoms with Crippen LogP contribution in [-0.4, -0.2) is 43.1 Å². The van der Waals surface area contributed by atoms with Crippen LogP contribution in [0.1, 0.15) is 45.3 Å². The molecular weight excluding hydrogens is 576 g/mol. The maximum absolute atomic E-state index is 13.5. The second kappa shape index (κ2) is 12.0. The number of rotatable bonds is 8. The van der Waals surface area contributed by atoms with Gasteiger partial charge in [0.25, 0.3) is 11.8 Å². The summed E-state index contributed by atoms with van der Waals surface area (Å²) < 4.78 is 2.79. The van der Waals surface area contributed by atoms with Gasteiger partial charge < -0.3 is 9.88 Å². The molecule has 39 heavy (non-hydrogen) atoms. The number of nitrogens with one attached hydrogen (secondary N) is 1. The molecule has 0 fully saturated rings. The number of thioether (sulfide) groups is 1. The lowest BCUT2D eigenvalue weighted by atomic mass is 9.98. The SMILES string of the molecule is Cc1ccc([C@@H]2CC(c3ccc(Br)cc3)=NN2C(=O)CSc2nnc(CNC(=O)c3ccccc3)n2C)cc1. The summed E-state index contributed by atoms with van der Waals surface area (Å²) in [5.74, 6) is 0.462. The molecular formula is C29H27BrN6O2S. The van der Waals surface area contributed by atoms with Crippen LogP contribution in [0.25, 0.3) is 0 Å². The van der Waals surface area contributed by atoms with Gasteiger partial charge in [0, 0.05) is 23.5 Å². The predicted molar refractivity (Wildman–Crippen MR) is 155 cm³/mol. The highest BCUT2D eigenvalue weighted by molar-refractivity contribution is 9.10. The number of benzene rings is 3. The van der Waals surface area contributed by atoms with Gasteiger partial charge in [-0.3, -0.25) is 9.59 Å². The van der Waals surface area contributed by atoms with E-state index in [9.17, 15) is 9.59 Å². The van der Waals surface area contributed by atoms with Gasteiger partial charge in [0.15, 0.2) is 11.0 Å². The van der Waals surface area contributed by atoms with Gasteiger partial charge in [-0.15, -0.1) is 10.2 Å². The number of carbonyl (C=O) groups is 2. The summed E-state index contributed by atoms with van der Waals surface area (Å²) in [5.41, 5.74) is 4.66. The molecule has 0 saturated carbocycles. The van der Waals surface area contributed by atoms with E-state index in [1.807, 2.05) is 56.4 Å². The molecule has 0 bridgehead atoms. The number of amides is 2. The standard InChI is InChI=1S/C29H27BrN6O2S/c1-19-8-10-21(11-9-19)25-16-24(20-12-14-23(30)15-13-20)34-36(25)27(37)18-39-29-33-32-26(35(29)2)17-31-28(38)22-6-4-3-5-7-22/h3-15,25H,16-18H2,1-2H3,(H,31,38)/t25-/m0/s1. The molecule has 198 valence electrons. The molecule has 0 unspecified atom stereocenters. The van der Waals surface area contributed by atoms with Crippen molar-refractivity contribution in [2.75, 3.05) is 5.75 Å². The Labute approximate surface area is 239 Å². The van der Waals surface area contributed by atoms with Crippen LogP contribution in [0.15, 0.2) is 93.6 Å². The Morgan fingerprint density at radius 1 is 1.00 bits per heavy atom. The van der Waals surface area contributed by atoms with Crippen LogP contribution in [0.3, 0.4) is 0 Å². The fraction of sp³-hybridized carbons (Fsp3) is 0.207. The summed E-state index contributed by atoms with van der Waals surface area (Å²) in [7, 11) is 1.82. The molecule has 1 aliphatic rings. The third-order valence-electron chi connectivity index (χ3n) is 6.50. The van der Waals surface area contributed by atoms with E-state index < -0.39 is 0 Å². The van der Waals surface area contributed by atoms with Crippen molar-refractivity contribution in [1.82, 2.24) is 25.1 Å². The Morgan fingerprint density at radius 2 is 1.72 bits per heavy atom. The largest absolute Gasteiger partial charge is 0.345 e. The lowest BCUT2D eigenvalue weighted by Gasteiger charge is -2.22. The van der Waals surface area contributed by atoms with Gasteiger partial charge >= 0.3 is 0 Å². The van der Waals surface area contributed by atoms with Crippen LogP contribution >= 0.6 is 27.7 Å². The summed E-state index contributed by atoms with van der Waals surface area (Å²) in [6.07, 6.45) is 0.635. The molecule has 1 N–H and O–H groups in total. The van der Waals surface area contributed by atoms with Gasteiger partial charge in [-0.2, -0.15) is 5.10 Å². The number of hydrogen-bond acceptors (Lipinski definition) is 6. The highest BCUT2D eigenvalue weighted by Gasteiger charge is 2.33. The van der Waals surface area contributed by atoms with Crippen LogP contribution < -0.4 is 5.32 Å². The normalized spacial score (nSPS) is 14.8. The zero-order chi connectivity index (χ0) is 27.4. The smallest absolute Gasteiger partial charge is 0.253 e.